The molecule has 0 spiro atoms. The van der Waals surface area contributed by atoms with Crippen LogP contribution in [0, 0.1) is 23.1 Å². The number of halogens is 1. The number of nitrogens with zero attached hydrogens (tertiary/aromatic N) is 3. The molecule has 8 heteroatoms. The van der Waals surface area contributed by atoms with Gasteiger partial charge >= 0.3 is 6.09 Å². The number of amides is 1. The summed E-state index contributed by atoms with van der Waals surface area (Å²) in [7, 11) is 0. The Balaban J connectivity index is 1.35. The number of hydrogen-bond donors (Lipinski definition) is 0. The van der Waals surface area contributed by atoms with Gasteiger partial charge < -0.3 is 14.4 Å². The van der Waals surface area contributed by atoms with Gasteiger partial charge in [0.1, 0.15) is 29.3 Å². The predicted octanol–water partition coefficient (Wildman–Crippen LogP) is 3.97. The lowest BCUT2D eigenvalue weighted by molar-refractivity contribution is 0.0799. The molecule has 0 unspecified atom stereocenters. The zero-order valence-corrected chi connectivity index (χ0v) is 15.6. The van der Waals surface area contributed by atoms with E-state index in [1.807, 2.05) is 5.38 Å². The van der Waals surface area contributed by atoms with Crippen LogP contribution in [0.15, 0.2) is 29.8 Å². The van der Waals surface area contributed by atoms with Crippen molar-refractivity contribution in [1.82, 2.24) is 9.88 Å². The number of carbonyl (C=O) groups is 1. The van der Waals surface area contributed by atoms with Crippen molar-refractivity contribution in [3.05, 3.63) is 46.2 Å². The first-order valence-electron chi connectivity index (χ1n) is 8.78. The van der Waals surface area contributed by atoms with Crippen LogP contribution in [0.4, 0.5) is 9.18 Å². The number of ether oxygens (including phenoxy) is 2. The third-order valence-electron chi connectivity index (χ3n) is 4.53. The van der Waals surface area contributed by atoms with E-state index in [4.69, 9.17) is 14.7 Å². The maximum atomic E-state index is 13.5. The van der Waals surface area contributed by atoms with Crippen molar-refractivity contribution in [2.75, 3.05) is 19.7 Å². The maximum absolute atomic E-state index is 13.5. The van der Waals surface area contributed by atoms with E-state index in [0.717, 1.165) is 24.3 Å². The van der Waals surface area contributed by atoms with Crippen LogP contribution in [0.3, 0.4) is 0 Å². The van der Waals surface area contributed by atoms with Crippen LogP contribution in [0.25, 0.3) is 0 Å². The van der Waals surface area contributed by atoms with E-state index >= 15 is 0 Å². The van der Waals surface area contributed by atoms with E-state index in [2.05, 4.69) is 4.98 Å². The van der Waals surface area contributed by atoms with Crippen molar-refractivity contribution < 1.29 is 18.7 Å². The SMILES string of the molecule is N#Cc1ccc(OCCC2CCN(C(=O)OCc3nccs3)CC2)cc1F. The number of thiazole rings is 1. The third-order valence-corrected chi connectivity index (χ3v) is 5.28. The minimum absolute atomic E-state index is 0.0106. The molecule has 1 aliphatic heterocycles. The van der Waals surface area contributed by atoms with E-state index in [-0.39, 0.29) is 18.3 Å². The van der Waals surface area contributed by atoms with Gasteiger partial charge in [-0.05, 0) is 37.3 Å². The summed E-state index contributed by atoms with van der Waals surface area (Å²) < 4.78 is 24.4. The molecular weight excluding hydrogens is 369 g/mol. The summed E-state index contributed by atoms with van der Waals surface area (Å²) in [4.78, 5) is 17.9. The Kier molecular flexibility index (Phi) is 6.60. The second-order valence-electron chi connectivity index (χ2n) is 6.30. The van der Waals surface area contributed by atoms with Crippen LogP contribution >= 0.6 is 11.3 Å². The fourth-order valence-electron chi connectivity index (χ4n) is 2.96. The van der Waals surface area contributed by atoms with Crippen LogP contribution in [-0.4, -0.2) is 35.7 Å². The summed E-state index contributed by atoms with van der Waals surface area (Å²) in [5.74, 6) is 0.311. The molecule has 1 aromatic carbocycles. The summed E-state index contributed by atoms with van der Waals surface area (Å²) in [6, 6.07) is 6.04. The standard InChI is InChI=1S/C19H20FN3O3S/c20-17-11-16(2-1-15(17)12-21)25-9-5-14-3-7-23(8-4-14)19(24)26-13-18-22-6-10-27-18/h1-2,6,10-11,14H,3-5,7-9,13H2. The van der Waals surface area contributed by atoms with Crippen molar-refractivity contribution in [2.45, 2.75) is 25.9 Å². The number of likely N-dealkylation sites (tertiary alicyclic amines) is 1. The Bertz CT molecular complexity index is 799. The average molecular weight is 389 g/mol. The number of hydrogen-bond acceptors (Lipinski definition) is 6. The third kappa shape index (κ3) is 5.41. The van der Waals surface area contributed by atoms with Crippen molar-refractivity contribution in [3.63, 3.8) is 0 Å². The number of piperidine rings is 1. The molecule has 27 heavy (non-hydrogen) atoms. The molecule has 1 aliphatic rings. The van der Waals surface area contributed by atoms with Crippen LogP contribution < -0.4 is 4.74 Å². The molecule has 1 saturated heterocycles. The lowest BCUT2D eigenvalue weighted by Gasteiger charge is -2.31. The highest BCUT2D eigenvalue weighted by atomic mass is 32.1. The Morgan fingerprint density at radius 1 is 1.41 bits per heavy atom. The van der Waals surface area contributed by atoms with Gasteiger partial charge in [0.15, 0.2) is 0 Å². The molecule has 1 fully saturated rings. The molecule has 142 valence electrons. The van der Waals surface area contributed by atoms with Gasteiger partial charge in [0.2, 0.25) is 0 Å². The molecule has 1 amide bonds. The molecule has 1 aromatic heterocycles. The molecule has 0 atom stereocenters. The van der Waals surface area contributed by atoms with E-state index in [1.165, 1.54) is 23.5 Å². The number of benzene rings is 1. The molecule has 0 aliphatic carbocycles. The first-order chi connectivity index (χ1) is 13.2. The second kappa shape index (κ2) is 9.33. The fourth-order valence-corrected chi connectivity index (χ4v) is 3.49. The molecular formula is C19H20FN3O3S. The van der Waals surface area contributed by atoms with E-state index in [1.54, 1.807) is 23.2 Å². The van der Waals surface area contributed by atoms with E-state index < -0.39 is 5.82 Å². The van der Waals surface area contributed by atoms with Crippen molar-refractivity contribution in [1.29, 1.82) is 5.26 Å². The van der Waals surface area contributed by atoms with Crippen LogP contribution in [0.5, 0.6) is 5.75 Å². The Labute approximate surface area is 161 Å². The quantitative estimate of drug-likeness (QED) is 0.747. The lowest BCUT2D eigenvalue weighted by Crippen LogP contribution is -2.39. The Morgan fingerprint density at radius 2 is 2.22 bits per heavy atom. The van der Waals surface area contributed by atoms with Gasteiger partial charge in [0.25, 0.3) is 0 Å². The minimum Gasteiger partial charge on any atom is -0.493 e. The summed E-state index contributed by atoms with van der Waals surface area (Å²) in [6.45, 7) is 2.01. The number of carbonyl (C=O) groups excluding carboxylic acids is 1. The summed E-state index contributed by atoms with van der Waals surface area (Å²) in [6.07, 6.45) is 4.00. The molecule has 3 rings (SSSR count). The topological polar surface area (TPSA) is 75.5 Å². The second-order valence-corrected chi connectivity index (χ2v) is 7.28. The maximum Gasteiger partial charge on any atom is 0.410 e. The smallest absolute Gasteiger partial charge is 0.410 e. The highest BCUT2D eigenvalue weighted by molar-refractivity contribution is 7.09. The number of aromatic nitrogens is 1. The lowest BCUT2D eigenvalue weighted by atomic mass is 9.94. The summed E-state index contributed by atoms with van der Waals surface area (Å²) >= 11 is 1.46. The summed E-state index contributed by atoms with van der Waals surface area (Å²) in [5, 5.41) is 11.4. The van der Waals surface area contributed by atoms with Crippen molar-refractivity contribution in [2.24, 2.45) is 5.92 Å². The van der Waals surface area contributed by atoms with E-state index in [9.17, 15) is 9.18 Å². The van der Waals surface area contributed by atoms with Gasteiger partial charge in [0.05, 0.1) is 12.2 Å². The molecule has 2 aromatic rings. The van der Waals surface area contributed by atoms with Crippen LogP contribution in [-0.2, 0) is 11.3 Å². The molecule has 2 heterocycles. The predicted molar refractivity (Wildman–Crippen MR) is 97.8 cm³/mol. The van der Waals surface area contributed by atoms with Gasteiger partial charge in [-0.3, -0.25) is 0 Å². The van der Waals surface area contributed by atoms with Gasteiger partial charge in [0, 0.05) is 30.7 Å². The average Bonchev–Trinajstić information content (AvgIpc) is 3.20. The van der Waals surface area contributed by atoms with Crippen LogP contribution in [0.2, 0.25) is 0 Å². The fraction of sp³-hybridized carbons (Fsp3) is 0.421. The molecule has 0 N–H and O–H groups in total. The first-order valence-corrected chi connectivity index (χ1v) is 9.66. The molecule has 0 bridgehead atoms. The zero-order valence-electron chi connectivity index (χ0n) is 14.8. The summed E-state index contributed by atoms with van der Waals surface area (Å²) in [5.41, 5.74) is 0.0106. The monoisotopic (exact) mass is 389 g/mol. The molecule has 0 saturated carbocycles. The van der Waals surface area contributed by atoms with Gasteiger partial charge in [-0.25, -0.2) is 14.2 Å². The van der Waals surface area contributed by atoms with Gasteiger partial charge in [-0.1, -0.05) is 0 Å². The Morgan fingerprint density at radius 3 is 2.89 bits per heavy atom. The highest BCUT2D eigenvalue weighted by Gasteiger charge is 2.24. The number of rotatable bonds is 6. The Hall–Kier alpha value is -2.66. The first kappa shape index (κ1) is 19.1. The minimum atomic E-state index is -0.570. The van der Waals surface area contributed by atoms with Crippen LogP contribution in [0.1, 0.15) is 29.8 Å². The number of nitriles is 1. The molecule has 0 radical (unpaired) electrons. The largest absolute Gasteiger partial charge is 0.493 e. The molecule has 6 nitrogen and oxygen atoms in total. The zero-order chi connectivity index (χ0) is 19.1. The van der Waals surface area contributed by atoms with Crippen molar-refractivity contribution in [3.8, 4) is 11.8 Å². The van der Waals surface area contributed by atoms with E-state index in [0.29, 0.717) is 31.4 Å². The highest BCUT2D eigenvalue weighted by Crippen LogP contribution is 2.22. The van der Waals surface area contributed by atoms with Gasteiger partial charge in [-0.2, -0.15) is 5.26 Å². The van der Waals surface area contributed by atoms with Gasteiger partial charge in [-0.15, -0.1) is 11.3 Å². The normalized spacial score (nSPS) is 14.6. The van der Waals surface area contributed by atoms with Crippen molar-refractivity contribution >= 4 is 17.4 Å².